The topological polar surface area (TPSA) is 69.2 Å². The molecule has 2 atom stereocenters. The maximum atomic E-state index is 13.2. The number of nitrogens with zero attached hydrogens (tertiary/aromatic N) is 2. The van der Waals surface area contributed by atoms with E-state index in [0.29, 0.717) is 17.2 Å². The number of hydrogen-bond acceptors (Lipinski definition) is 3. The summed E-state index contributed by atoms with van der Waals surface area (Å²) in [6.45, 7) is 6.67. The zero-order chi connectivity index (χ0) is 18.4. The standard InChI is InChI=1S/C21H25N3O2/c1-12-9-19-16(20(12)13(2)14(3)25)5-4-8-24(19)21(26)15-6-7-17-18(10-15)23-11-22-17/h6-7,10-11,16,19,25H,4-5,8-9H2,1-3H3,(H,22,23)/b14-13+/t16-,19-/m0/s1. The van der Waals surface area contributed by atoms with Gasteiger partial charge in [-0.05, 0) is 69.4 Å². The third kappa shape index (κ3) is 2.62. The second kappa shape index (κ2) is 6.31. The summed E-state index contributed by atoms with van der Waals surface area (Å²) >= 11 is 0. The number of allylic oxidation sites excluding steroid dienone is 2. The largest absolute Gasteiger partial charge is 0.512 e. The van der Waals surface area contributed by atoms with Gasteiger partial charge >= 0.3 is 0 Å². The van der Waals surface area contributed by atoms with Crippen molar-refractivity contribution in [3.63, 3.8) is 0 Å². The molecule has 2 aliphatic rings. The van der Waals surface area contributed by atoms with Crippen LogP contribution in [0.2, 0.25) is 0 Å². The molecule has 2 heterocycles. The van der Waals surface area contributed by atoms with E-state index in [1.165, 1.54) is 11.1 Å². The molecule has 1 amide bonds. The number of piperidine rings is 1. The Morgan fingerprint density at radius 1 is 1.35 bits per heavy atom. The Kier molecular flexibility index (Phi) is 4.10. The number of aliphatic hydroxyl groups excluding tert-OH is 1. The van der Waals surface area contributed by atoms with Crippen LogP contribution >= 0.6 is 0 Å². The number of likely N-dealkylation sites (tertiary alicyclic amines) is 1. The molecule has 136 valence electrons. The van der Waals surface area contributed by atoms with Gasteiger partial charge < -0.3 is 15.0 Å². The molecule has 0 spiro atoms. The Morgan fingerprint density at radius 2 is 2.15 bits per heavy atom. The van der Waals surface area contributed by atoms with E-state index < -0.39 is 0 Å². The lowest BCUT2D eigenvalue weighted by atomic mass is 9.84. The number of aromatic nitrogens is 2. The van der Waals surface area contributed by atoms with Crippen LogP contribution in [-0.2, 0) is 0 Å². The van der Waals surface area contributed by atoms with E-state index in [1.807, 2.05) is 30.0 Å². The van der Waals surface area contributed by atoms with Gasteiger partial charge in [-0.25, -0.2) is 4.98 Å². The lowest BCUT2D eigenvalue weighted by Gasteiger charge is -2.39. The smallest absolute Gasteiger partial charge is 0.254 e. The normalized spacial score (nSPS) is 24.0. The van der Waals surface area contributed by atoms with Crippen LogP contribution in [0.25, 0.3) is 11.0 Å². The number of benzene rings is 1. The van der Waals surface area contributed by atoms with Gasteiger partial charge in [-0.15, -0.1) is 0 Å². The van der Waals surface area contributed by atoms with Gasteiger partial charge in [0.25, 0.3) is 5.91 Å². The second-order valence-electron chi connectivity index (χ2n) is 7.56. The molecule has 0 bridgehead atoms. The number of H-pyrrole nitrogens is 1. The van der Waals surface area contributed by atoms with E-state index in [-0.39, 0.29) is 11.9 Å². The first-order chi connectivity index (χ1) is 12.5. The van der Waals surface area contributed by atoms with Crippen molar-refractivity contribution in [1.82, 2.24) is 14.9 Å². The van der Waals surface area contributed by atoms with Gasteiger partial charge in [0.2, 0.25) is 0 Å². The molecule has 1 aliphatic carbocycles. The van der Waals surface area contributed by atoms with Crippen LogP contribution < -0.4 is 0 Å². The lowest BCUT2D eigenvalue weighted by molar-refractivity contribution is 0.0563. The number of fused-ring (bicyclic) bond motifs is 2. The molecular formula is C21H25N3O2. The summed E-state index contributed by atoms with van der Waals surface area (Å²) in [6, 6.07) is 5.85. The molecule has 0 unspecified atom stereocenters. The molecule has 5 heteroatoms. The molecule has 0 radical (unpaired) electrons. The van der Waals surface area contributed by atoms with Crippen molar-refractivity contribution < 1.29 is 9.90 Å². The van der Waals surface area contributed by atoms with Crippen molar-refractivity contribution >= 4 is 16.9 Å². The summed E-state index contributed by atoms with van der Waals surface area (Å²) in [5.74, 6) is 0.798. The zero-order valence-corrected chi connectivity index (χ0v) is 15.5. The fraction of sp³-hybridized carbons (Fsp3) is 0.429. The average Bonchev–Trinajstić information content (AvgIpc) is 3.22. The minimum atomic E-state index is 0.0904. The molecule has 2 aromatic rings. The zero-order valence-electron chi connectivity index (χ0n) is 15.5. The van der Waals surface area contributed by atoms with Crippen LogP contribution in [-0.4, -0.2) is 38.5 Å². The van der Waals surface area contributed by atoms with Crippen LogP contribution in [0.4, 0.5) is 0 Å². The minimum Gasteiger partial charge on any atom is -0.512 e. The van der Waals surface area contributed by atoms with E-state index in [1.54, 1.807) is 13.3 Å². The molecular weight excluding hydrogens is 326 g/mol. The number of nitrogens with one attached hydrogen (secondary N) is 1. The quantitative estimate of drug-likeness (QED) is 0.790. The predicted molar refractivity (Wildman–Crippen MR) is 102 cm³/mol. The van der Waals surface area contributed by atoms with E-state index in [4.69, 9.17) is 0 Å². The summed E-state index contributed by atoms with van der Waals surface area (Å²) in [5, 5.41) is 9.98. The SMILES string of the molecule is CC1=C(/C(C)=C(\C)O)[C@H]2CCCN(C(=O)c3ccc4nc[nH]c4c3)[C@H]2C1. The highest BCUT2D eigenvalue weighted by Crippen LogP contribution is 2.44. The molecule has 1 saturated heterocycles. The van der Waals surface area contributed by atoms with Gasteiger partial charge in [-0.3, -0.25) is 4.79 Å². The van der Waals surface area contributed by atoms with Crippen LogP contribution in [0, 0.1) is 5.92 Å². The van der Waals surface area contributed by atoms with Crippen molar-refractivity contribution in [3.05, 3.63) is 52.6 Å². The maximum absolute atomic E-state index is 13.2. The van der Waals surface area contributed by atoms with E-state index >= 15 is 0 Å². The summed E-state index contributed by atoms with van der Waals surface area (Å²) < 4.78 is 0. The number of hydrogen-bond donors (Lipinski definition) is 2. The molecule has 4 rings (SSSR count). The Labute approximate surface area is 153 Å². The molecule has 2 N–H and O–H groups in total. The van der Waals surface area contributed by atoms with Gasteiger partial charge in [0.1, 0.15) is 0 Å². The van der Waals surface area contributed by atoms with Crippen LogP contribution in [0.5, 0.6) is 0 Å². The Bertz CT molecular complexity index is 934. The highest BCUT2D eigenvalue weighted by Gasteiger charge is 2.41. The Balaban J connectivity index is 1.64. The van der Waals surface area contributed by atoms with Crippen LogP contribution in [0.3, 0.4) is 0 Å². The Morgan fingerprint density at radius 3 is 2.92 bits per heavy atom. The van der Waals surface area contributed by atoms with Crippen molar-refractivity contribution in [2.75, 3.05) is 6.54 Å². The molecule has 5 nitrogen and oxygen atoms in total. The van der Waals surface area contributed by atoms with E-state index in [9.17, 15) is 9.90 Å². The number of carbonyl (C=O) groups excluding carboxylic acids is 1. The number of amides is 1. The molecule has 1 fully saturated rings. The molecule has 1 aromatic heterocycles. The first kappa shape index (κ1) is 16.9. The van der Waals surface area contributed by atoms with Crippen LogP contribution in [0.15, 0.2) is 47.0 Å². The molecule has 1 aliphatic heterocycles. The Hall–Kier alpha value is -2.56. The molecule has 0 saturated carbocycles. The minimum absolute atomic E-state index is 0.0904. The third-order valence-corrected chi connectivity index (χ3v) is 6.00. The highest BCUT2D eigenvalue weighted by atomic mass is 16.3. The second-order valence-corrected chi connectivity index (χ2v) is 7.56. The van der Waals surface area contributed by atoms with Gasteiger partial charge in [-0.2, -0.15) is 0 Å². The summed E-state index contributed by atoms with van der Waals surface area (Å²) in [4.78, 5) is 22.6. The van der Waals surface area contributed by atoms with Crippen molar-refractivity contribution in [2.45, 2.75) is 46.1 Å². The fourth-order valence-corrected chi connectivity index (χ4v) is 4.67. The monoisotopic (exact) mass is 351 g/mol. The van der Waals surface area contributed by atoms with Crippen molar-refractivity contribution in [2.24, 2.45) is 5.92 Å². The number of aliphatic hydroxyl groups is 1. The average molecular weight is 351 g/mol. The fourth-order valence-electron chi connectivity index (χ4n) is 4.67. The van der Waals surface area contributed by atoms with E-state index in [2.05, 4.69) is 16.9 Å². The lowest BCUT2D eigenvalue weighted by Crippen LogP contribution is -2.47. The number of rotatable bonds is 2. The number of carbonyl (C=O) groups is 1. The van der Waals surface area contributed by atoms with Gasteiger partial charge in [0.15, 0.2) is 0 Å². The molecule has 26 heavy (non-hydrogen) atoms. The van der Waals surface area contributed by atoms with E-state index in [0.717, 1.165) is 42.4 Å². The summed E-state index contributed by atoms with van der Waals surface area (Å²) in [6.07, 6.45) is 4.61. The summed E-state index contributed by atoms with van der Waals surface area (Å²) in [7, 11) is 0. The third-order valence-electron chi connectivity index (χ3n) is 6.00. The van der Waals surface area contributed by atoms with Crippen molar-refractivity contribution in [3.8, 4) is 0 Å². The first-order valence-electron chi connectivity index (χ1n) is 9.28. The van der Waals surface area contributed by atoms with Gasteiger partial charge in [0.05, 0.1) is 23.1 Å². The first-order valence-corrected chi connectivity index (χ1v) is 9.28. The maximum Gasteiger partial charge on any atom is 0.254 e. The van der Waals surface area contributed by atoms with Crippen LogP contribution in [0.1, 0.15) is 50.4 Å². The van der Waals surface area contributed by atoms with Gasteiger partial charge in [-0.1, -0.05) is 5.57 Å². The highest BCUT2D eigenvalue weighted by molar-refractivity contribution is 5.97. The van der Waals surface area contributed by atoms with Crippen molar-refractivity contribution in [1.29, 1.82) is 0 Å². The predicted octanol–water partition coefficient (Wildman–Crippen LogP) is 4.36. The number of imidazole rings is 1. The summed E-state index contributed by atoms with van der Waals surface area (Å²) in [5.41, 5.74) is 6.01. The molecule has 1 aromatic carbocycles. The number of aromatic amines is 1. The van der Waals surface area contributed by atoms with Gasteiger partial charge in [0, 0.05) is 24.1 Å².